The summed E-state index contributed by atoms with van der Waals surface area (Å²) in [6.07, 6.45) is 6.59. The molecule has 2 bridgehead atoms. The van der Waals surface area contributed by atoms with Gasteiger partial charge in [0.2, 0.25) is 0 Å². The Balaban J connectivity index is 1.61. The molecule has 5 nitrogen and oxygen atoms in total. The molecule has 1 saturated heterocycles. The topological polar surface area (TPSA) is 59.0 Å². The second-order valence-corrected chi connectivity index (χ2v) is 5.97. The highest BCUT2D eigenvalue weighted by Crippen LogP contribution is 2.52. The Labute approximate surface area is 128 Å². The van der Waals surface area contributed by atoms with Crippen LogP contribution in [0, 0.1) is 23.7 Å². The van der Waals surface area contributed by atoms with Crippen molar-refractivity contribution in [2.24, 2.45) is 28.8 Å². The van der Waals surface area contributed by atoms with Crippen molar-refractivity contribution in [2.45, 2.75) is 6.42 Å². The Kier molecular flexibility index (Phi) is 2.89. The zero-order chi connectivity index (χ0) is 15.3. The number of benzene rings is 1. The molecule has 0 unspecified atom stereocenters. The molecule has 0 spiro atoms. The zero-order valence-electron chi connectivity index (χ0n) is 12.2. The summed E-state index contributed by atoms with van der Waals surface area (Å²) in [6, 6.07) is 7.36. The fraction of sp³-hybridized carbons (Fsp3) is 0.353. The highest BCUT2D eigenvalue weighted by Gasteiger charge is 2.59. The Bertz CT molecular complexity index is 680. The standard InChI is InChI=1S/C17H16N2O3/c1-22-13-5-3-2-4-12(13)9-18-19-16(20)14-10-6-7-11(8-10)15(14)17(19)21/h2-7,9-11,14-15H,8H2,1H3/b18-9-/t10-,11-,14-,15-/m0/s1. The fourth-order valence-electron chi connectivity index (χ4n) is 3.89. The summed E-state index contributed by atoms with van der Waals surface area (Å²) >= 11 is 0. The molecule has 1 aliphatic heterocycles. The molecule has 2 aliphatic carbocycles. The molecule has 2 amide bonds. The summed E-state index contributed by atoms with van der Waals surface area (Å²) in [5.74, 6) is 0.314. The molecule has 5 heteroatoms. The number of hydrazone groups is 1. The van der Waals surface area contributed by atoms with E-state index in [-0.39, 0.29) is 35.5 Å². The SMILES string of the molecule is COc1ccccc1/C=N\N1C(=O)[C@@H]2[C@@H](C1=O)[C@H]1C=C[C@H]2C1. The molecule has 0 radical (unpaired) electrons. The van der Waals surface area contributed by atoms with Gasteiger partial charge in [-0.3, -0.25) is 9.59 Å². The molecule has 0 N–H and O–H groups in total. The van der Waals surface area contributed by atoms with Gasteiger partial charge < -0.3 is 4.74 Å². The first-order valence-electron chi connectivity index (χ1n) is 7.44. The van der Waals surface area contributed by atoms with Crippen LogP contribution in [0.5, 0.6) is 5.75 Å². The van der Waals surface area contributed by atoms with Crippen molar-refractivity contribution in [3.63, 3.8) is 0 Å². The van der Waals surface area contributed by atoms with Gasteiger partial charge in [0.15, 0.2) is 0 Å². The number of amides is 2. The number of hydrogen-bond donors (Lipinski definition) is 0. The highest BCUT2D eigenvalue weighted by atomic mass is 16.5. The summed E-state index contributed by atoms with van der Waals surface area (Å²) in [6.45, 7) is 0. The number of para-hydroxylation sites is 1. The van der Waals surface area contributed by atoms with E-state index in [9.17, 15) is 9.59 Å². The molecule has 4 rings (SSSR count). The second-order valence-electron chi connectivity index (χ2n) is 5.97. The molecular weight excluding hydrogens is 280 g/mol. The predicted octanol–water partition coefficient (Wildman–Crippen LogP) is 1.84. The first kappa shape index (κ1) is 13.2. The minimum Gasteiger partial charge on any atom is -0.496 e. The molecule has 4 atom stereocenters. The van der Waals surface area contributed by atoms with E-state index in [1.54, 1.807) is 7.11 Å². The zero-order valence-corrected chi connectivity index (χ0v) is 12.2. The van der Waals surface area contributed by atoms with Gasteiger partial charge in [0.25, 0.3) is 11.8 Å². The maximum absolute atomic E-state index is 12.5. The summed E-state index contributed by atoms with van der Waals surface area (Å²) in [5.41, 5.74) is 0.740. The van der Waals surface area contributed by atoms with Crippen LogP contribution in [-0.4, -0.2) is 30.1 Å². The summed E-state index contributed by atoms with van der Waals surface area (Å²) in [5, 5.41) is 5.19. The minimum atomic E-state index is -0.211. The Morgan fingerprint density at radius 3 is 2.41 bits per heavy atom. The summed E-state index contributed by atoms with van der Waals surface area (Å²) in [4.78, 5) is 25.0. The van der Waals surface area contributed by atoms with E-state index in [0.29, 0.717) is 5.75 Å². The second kappa shape index (κ2) is 4.80. The quantitative estimate of drug-likeness (QED) is 0.486. The van der Waals surface area contributed by atoms with E-state index >= 15 is 0 Å². The van der Waals surface area contributed by atoms with Crippen molar-refractivity contribution < 1.29 is 14.3 Å². The van der Waals surface area contributed by atoms with Crippen LogP contribution in [0.4, 0.5) is 0 Å². The van der Waals surface area contributed by atoms with Gasteiger partial charge in [-0.25, -0.2) is 0 Å². The number of ether oxygens (including phenoxy) is 1. The average Bonchev–Trinajstić information content (AvgIpc) is 3.21. The first-order valence-corrected chi connectivity index (χ1v) is 7.44. The number of rotatable bonds is 3. The lowest BCUT2D eigenvalue weighted by Crippen LogP contribution is -2.28. The van der Waals surface area contributed by atoms with E-state index in [1.165, 1.54) is 6.21 Å². The smallest absolute Gasteiger partial charge is 0.254 e. The van der Waals surface area contributed by atoms with Crippen LogP contribution in [0.1, 0.15) is 12.0 Å². The van der Waals surface area contributed by atoms with Gasteiger partial charge in [0, 0.05) is 5.56 Å². The van der Waals surface area contributed by atoms with Crippen molar-refractivity contribution in [1.29, 1.82) is 0 Å². The minimum absolute atomic E-state index is 0.169. The maximum Gasteiger partial charge on any atom is 0.254 e. The average molecular weight is 296 g/mol. The number of hydrogen-bond acceptors (Lipinski definition) is 4. The summed E-state index contributed by atoms with van der Waals surface area (Å²) in [7, 11) is 1.58. The van der Waals surface area contributed by atoms with Crippen LogP contribution in [0.15, 0.2) is 41.5 Å². The molecule has 0 aromatic heterocycles. The van der Waals surface area contributed by atoms with Gasteiger partial charge in [0.05, 0.1) is 25.2 Å². The van der Waals surface area contributed by atoms with E-state index in [4.69, 9.17) is 4.74 Å². The molecule has 22 heavy (non-hydrogen) atoms. The number of methoxy groups -OCH3 is 1. The van der Waals surface area contributed by atoms with Crippen LogP contribution >= 0.6 is 0 Å². The van der Waals surface area contributed by atoms with Crippen molar-refractivity contribution in [1.82, 2.24) is 5.01 Å². The van der Waals surface area contributed by atoms with Crippen LogP contribution in [0.2, 0.25) is 0 Å². The number of allylic oxidation sites excluding steroid dienone is 2. The van der Waals surface area contributed by atoms with Gasteiger partial charge in [-0.05, 0) is 30.4 Å². The predicted molar refractivity (Wildman–Crippen MR) is 80.2 cm³/mol. The lowest BCUT2D eigenvalue weighted by molar-refractivity contribution is -0.140. The number of nitrogens with zero attached hydrogens (tertiary/aromatic N) is 2. The molecule has 3 aliphatic rings. The number of fused-ring (bicyclic) bond motifs is 5. The van der Waals surface area contributed by atoms with Crippen molar-refractivity contribution in [2.75, 3.05) is 7.11 Å². The third-order valence-corrected chi connectivity index (χ3v) is 4.90. The normalized spacial score (nSPS) is 32.3. The van der Waals surface area contributed by atoms with Crippen molar-refractivity contribution >= 4 is 18.0 Å². The van der Waals surface area contributed by atoms with Crippen LogP contribution in [0.3, 0.4) is 0 Å². The molecular formula is C17H16N2O3. The maximum atomic E-state index is 12.5. The van der Waals surface area contributed by atoms with Gasteiger partial charge in [0.1, 0.15) is 5.75 Å². The Morgan fingerprint density at radius 1 is 1.14 bits per heavy atom. The Morgan fingerprint density at radius 2 is 1.77 bits per heavy atom. The third-order valence-electron chi connectivity index (χ3n) is 4.90. The number of carbonyl (C=O) groups is 2. The molecule has 2 fully saturated rings. The van der Waals surface area contributed by atoms with Crippen molar-refractivity contribution in [3.8, 4) is 5.75 Å². The fourth-order valence-corrected chi connectivity index (χ4v) is 3.89. The van der Waals surface area contributed by atoms with Gasteiger partial charge >= 0.3 is 0 Å². The van der Waals surface area contributed by atoms with Crippen molar-refractivity contribution in [3.05, 3.63) is 42.0 Å². The monoisotopic (exact) mass is 296 g/mol. The lowest BCUT2D eigenvalue weighted by Gasteiger charge is -2.13. The Hall–Kier alpha value is -2.43. The van der Waals surface area contributed by atoms with Crippen LogP contribution in [-0.2, 0) is 9.59 Å². The molecule has 1 aromatic carbocycles. The highest BCUT2D eigenvalue weighted by molar-refractivity contribution is 6.06. The van der Waals surface area contributed by atoms with Gasteiger partial charge in [-0.1, -0.05) is 24.3 Å². The van der Waals surface area contributed by atoms with Gasteiger partial charge in [-0.15, -0.1) is 0 Å². The molecule has 1 aromatic rings. The third kappa shape index (κ3) is 1.75. The first-order chi connectivity index (χ1) is 10.7. The lowest BCUT2D eigenvalue weighted by atomic mass is 9.85. The van der Waals surface area contributed by atoms with Crippen LogP contribution < -0.4 is 4.74 Å². The van der Waals surface area contributed by atoms with E-state index in [2.05, 4.69) is 17.3 Å². The summed E-state index contributed by atoms with van der Waals surface area (Å²) < 4.78 is 5.24. The largest absolute Gasteiger partial charge is 0.496 e. The molecule has 1 saturated carbocycles. The van der Waals surface area contributed by atoms with Gasteiger partial charge in [-0.2, -0.15) is 10.1 Å². The van der Waals surface area contributed by atoms with E-state index in [0.717, 1.165) is 17.0 Å². The van der Waals surface area contributed by atoms with Crippen LogP contribution in [0.25, 0.3) is 0 Å². The van der Waals surface area contributed by atoms with E-state index in [1.807, 2.05) is 24.3 Å². The molecule has 112 valence electrons. The number of carbonyl (C=O) groups excluding carboxylic acids is 2. The molecule has 1 heterocycles. The number of imide groups is 1. The van der Waals surface area contributed by atoms with E-state index < -0.39 is 0 Å².